The number of rotatable bonds is 42. The van der Waals surface area contributed by atoms with Gasteiger partial charge in [-0.1, -0.05) is 181 Å². The Morgan fingerprint density at radius 1 is 0.178 bits per heavy atom. The SMILES string of the molecule is CCCCCCCCCCCCCCCCOCCOCCOCCOCCOCCCCCCCCCCCCCCCC. The van der Waals surface area contributed by atoms with Crippen LogP contribution in [-0.4, -0.2) is 66.1 Å². The number of hydrogen-bond donors (Lipinski definition) is 0. The predicted molar refractivity (Wildman–Crippen MR) is 195 cm³/mol. The zero-order chi connectivity index (χ0) is 32.4. The largest absolute Gasteiger partial charge is 0.379 e. The molecule has 0 heterocycles. The van der Waals surface area contributed by atoms with E-state index in [0.29, 0.717) is 52.9 Å². The first-order valence-corrected chi connectivity index (χ1v) is 20.3. The Balaban J connectivity index is 3.03. The van der Waals surface area contributed by atoms with Crippen LogP contribution in [0.2, 0.25) is 0 Å². The van der Waals surface area contributed by atoms with Gasteiger partial charge >= 0.3 is 0 Å². The van der Waals surface area contributed by atoms with Crippen LogP contribution in [0, 0.1) is 0 Å². The summed E-state index contributed by atoms with van der Waals surface area (Å²) in [5.41, 5.74) is 0. The summed E-state index contributed by atoms with van der Waals surface area (Å²) in [5, 5.41) is 0. The summed E-state index contributed by atoms with van der Waals surface area (Å²) in [6.07, 6.45) is 38.9. The molecule has 0 aliphatic rings. The monoisotopic (exact) mass is 643 g/mol. The third kappa shape index (κ3) is 43.8. The summed E-state index contributed by atoms with van der Waals surface area (Å²) < 4.78 is 28.2. The molecule has 0 aliphatic carbocycles. The van der Waals surface area contributed by atoms with Crippen LogP contribution in [0.5, 0.6) is 0 Å². The minimum absolute atomic E-state index is 0.609. The van der Waals surface area contributed by atoms with Gasteiger partial charge in [0.15, 0.2) is 0 Å². The Kier molecular flexibility index (Phi) is 43.6. The summed E-state index contributed by atoms with van der Waals surface area (Å²) in [7, 11) is 0. The van der Waals surface area contributed by atoms with Gasteiger partial charge < -0.3 is 23.7 Å². The molecule has 0 saturated heterocycles. The lowest BCUT2D eigenvalue weighted by molar-refractivity contribution is -0.0114. The Labute approximate surface area is 283 Å². The summed E-state index contributed by atoms with van der Waals surface area (Å²) in [4.78, 5) is 0. The van der Waals surface area contributed by atoms with E-state index in [4.69, 9.17) is 23.7 Å². The molecular formula is C40H82O5. The van der Waals surface area contributed by atoms with Crippen LogP contribution < -0.4 is 0 Å². The highest BCUT2D eigenvalue weighted by atomic mass is 16.6. The second kappa shape index (κ2) is 43.8. The van der Waals surface area contributed by atoms with Crippen molar-refractivity contribution < 1.29 is 23.7 Å². The molecule has 0 N–H and O–H groups in total. The van der Waals surface area contributed by atoms with Gasteiger partial charge in [-0.25, -0.2) is 0 Å². The molecular weight excluding hydrogens is 560 g/mol. The molecule has 0 aromatic heterocycles. The third-order valence-electron chi connectivity index (χ3n) is 8.77. The maximum atomic E-state index is 5.70. The van der Waals surface area contributed by atoms with Crippen molar-refractivity contribution in [1.82, 2.24) is 0 Å². The summed E-state index contributed by atoms with van der Waals surface area (Å²) in [5.74, 6) is 0. The molecule has 0 amide bonds. The van der Waals surface area contributed by atoms with Gasteiger partial charge in [0, 0.05) is 13.2 Å². The molecule has 0 aliphatic heterocycles. The Morgan fingerprint density at radius 2 is 0.333 bits per heavy atom. The zero-order valence-electron chi connectivity index (χ0n) is 30.9. The summed E-state index contributed by atoms with van der Waals surface area (Å²) >= 11 is 0. The van der Waals surface area contributed by atoms with Crippen molar-refractivity contribution in [2.24, 2.45) is 0 Å². The van der Waals surface area contributed by atoms with E-state index in [1.165, 1.54) is 180 Å². The fourth-order valence-electron chi connectivity index (χ4n) is 5.78. The molecule has 0 rings (SSSR count). The van der Waals surface area contributed by atoms with Crippen LogP contribution in [0.15, 0.2) is 0 Å². The van der Waals surface area contributed by atoms with Gasteiger partial charge in [0.2, 0.25) is 0 Å². The van der Waals surface area contributed by atoms with Gasteiger partial charge in [0.25, 0.3) is 0 Å². The lowest BCUT2D eigenvalue weighted by Gasteiger charge is -2.08. The van der Waals surface area contributed by atoms with Crippen molar-refractivity contribution in [1.29, 1.82) is 0 Å². The maximum absolute atomic E-state index is 5.70. The molecule has 0 atom stereocenters. The molecule has 0 unspecified atom stereocenters. The van der Waals surface area contributed by atoms with Crippen LogP contribution >= 0.6 is 0 Å². The van der Waals surface area contributed by atoms with Gasteiger partial charge in [0.1, 0.15) is 0 Å². The summed E-state index contributed by atoms with van der Waals surface area (Å²) in [6.45, 7) is 11.4. The standard InChI is InChI=1S/C40H82O5/c1-3-5-7-9-11-13-15-17-19-21-23-25-27-29-31-41-33-35-43-37-39-45-40-38-44-36-34-42-32-30-28-26-24-22-20-18-16-14-12-10-8-6-4-2/h3-40H2,1-2H3. The molecule has 0 bridgehead atoms. The van der Waals surface area contributed by atoms with E-state index in [2.05, 4.69) is 13.8 Å². The van der Waals surface area contributed by atoms with Crippen molar-refractivity contribution in [3.8, 4) is 0 Å². The Bertz CT molecular complexity index is 447. The van der Waals surface area contributed by atoms with Crippen LogP contribution in [0.25, 0.3) is 0 Å². The topological polar surface area (TPSA) is 46.2 Å². The van der Waals surface area contributed by atoms with E-state index in [1.54, 1.807) is 0 Å². The molecule has 45 heavy (non-hydrogen) atoms. The van der Waals surface area contributed by atoms with E-state index in [1.807, 2.05) is 0 Å². The molecule has 0 aromatic rings. The van der Waals surface area contributed by atoms with Crippen LogP contribution in [-0.2, 0) is 23.7 Å². The van der Waals surface area contributed by atoms with Crippen molar-refractivity contribution in [2.45, 2.75) is 194 Å². The summed E-state index contributed by atoms with van der Waals surface area (Å²) in [6, 6.07) is 0. The fourth-order valence-corrected chi connectivity index (χ4v) is 5.78. The molecule has 0 radical (unpaired) electrons. The van der Waals surface area contributed by atoms with Gasteiger partial charge in [-0.3, -0.25) is 0 Å². The molecule has 5 nitrogen and oxygen atoms in total. The molecule has 0 aromatic carbocycles. The average Bonchev–Trinajstić information content (AvgIpc) is 3.05. The van der Waals surface area contributed by atoms with E-state index >= 15 is 0 Å². The highest BCUT2D eigenvalue weighted by molar-refractivity contribution is 4.51. The maximum Gasteiger partial charge on any atom is 0.0701 e. The van der Waals surface area contributed by atoms with E-state index in [-0.39, 0.29) is 0 Å². The van der Waals surface area contributed by atoms with Gasteiger partial charge in [0.05, 0.1) is 52.9 Å². The second-order valence-corrected chi connectivity index (χ2v) is 13.3. The van der Waals surface area contributed by atoms with Crippen LogP contribution in [0.1, 0.15) is 194 Å². The van der Waals surface area contributed by atoms with Crippen LogP contribution in [0.4, 0.5) is 0 Å². The highest BCUT2D eigenvalue weighted by Gasteiger charge is 1.97. The minimum Gasteiger partial charge on any atom is -0.379 e. The number of unbranched alkanes of at least 4 members (excludes halogenated alkanes) is 26. The first kappa shape index (κ1) is 44.8. The lowest BCUT2D eigenvalue weighted by Crippen LogP contribution is -2.13. The first-order valence-electron chi connectivity index (χ1n) is 20.3. The zero-order valence-corrected chi connectivity index (χ0v) is 30.9. The smallest absolute Gasteiger partial charge is 0.0701 e. The highest BCUT2D eigenvalue weighted by Crippen LogP contribution is 2.14. The van der Waals surface area contributed by atoms with Gasteiger partial charge in [-0.05, 0) is 12.8 Å². The third-order valence-corrected chi connectivity index (χ3v) is 8.77. The van der Waals surface area contributed by atoms with Crippen molar-refractivity contribution in [2.75, 3.05) is 66.1 Å². The predicted octanol–water partition coefficient (Wildman–Crippen LogP) is 12.0. The number of ether oxygens (including phenoxy) is 5. The van der Waals surface area contributed by atoms with Crippen molar-refractivity contribution in [3.63, 3.8) is 0 Å². The van der Waals surface area contributed by atoms with Crippen LogP contribution in [0.3, 0.4) is 0 Å². The van der Waals surface area contributed by atoms with E-state index < -0.39 is 0 Å². The molecule has 0 saturated carbocycles. The lowest BCUT2D eigenvalue weighted by atomic mass is 10.0. The first-order chi connectivity index (χ1) is 22.4. The molecule has 272 valence electrons. The van der Waals surface area contributed by atoms with E-state index in [0.717, 1.165) is 13.2 Å². The van der Waals surface area contributed by atoms with Gasteiger partial charge in [-0.2, -0.15) is 0 Å². The minimum atomic E-state index is 0.609. The molecule has 0 fully saturated rings. The fraction of sp³-hybridized carbons (Fsp3) is 1.00. The number of hydrogen-bond acceptors (Lipinski definition) is 5. The normalized spacial score (nSPS) is 11.6. The average molecular weight is 643 g/mol. The quantitative estimate of drug-likeness (QED) is 0.0620. The molecule has 5 heteroatoms. The second-order valence-electron chi connectivity index (χ2n) is 13.3. The van der Waals surface area contributed by atoms with Crippen molar-refractivity contribution in [3.05, 3.63) is 0 Å². The Morgan fingerprint density at radius 3 is 0.533 bits per heavy atom. The van der Waals surface area contributed by atoms with E-state index in [9.17, 15) is 0 Å². The van der Waals surface area contributed by atoms with Gasteiger partial charge in [-0.15, -0.1) is 0 Å². The van der Waals surface area contributed by atoms with Crippen molar-refractivity contribution >= 4 is 0 Å². The Hall–Kier alpha value is -0.200. The molecule has 0 spiro atoms.